The molecule has 1 heterocycles. The molecule has 1 N–H and O–H groups in total. The highest BCUT2D eigenvalue weighted by molar-refractivity contribution is 6.35. The fraction of sp³-hybridized carbons (Fsp3) is 0.0556. The number of aromatic nitrogens is 2. The molecule has 5 nitrogen and oxygen atoms in total. The predicted octanol–water partition coefficient (Wildman–Crippen LogP) is 4.61. The Morgan fingerprint density at radius 1 is 1.04 bits per heavy atom. The minimum atomic E-state index is -0.434. The summed E-state index contributed by atoms with van der Waals surface area (Å²) in [5.74, 6) is -0.127. The van der Waals surface area contributed by atoms with Crippen LogP contribution in [-0.4, -0.2) is 15.9 Å². The first-order chi connectivity index (χ1) is 12.1. The first kappa shape index (κ1) is 17.2. The van der Waals surface area contributed by atoms with Crippen LogP contribution in [-0.2, 0) is 6.61 Å². The van der Waals surface area contributed by atoms with Crippen LogP contribution in [0.5, 0.6) is 5.88 Å². The van der Waals surface area contributed by atoms with Crippen molar-refractivity contribution in [1.29, 1.82) is 0 Å². The summed E-state index contributed by atoms with van der Waals surface area (Å²) in [4.78, 5) is 20.3. The van der Waals surface area contributed by atoms with Gasteiger partial charge in [-0.2, -0.15) is 0 Å². The number of halogens is 2. The van der Waals surface area contributed by atoms with E-state index in [1.165, 1.54) is 12.4 Å². The normalized spacial score (nSPS) is 10.3. The van der Waals surface area contributed by atoms with Crippen molar-refractivity contribution in [1.82, 2.24) is 9.97 Å². The third-order valence-corrected chi connectivity index (χ3v) is 3.85. The molecular formula is C18H13Cl2N3O2. The van der Waals surface area contributed by atoms with E-state index in [0.717, 1.165) is 5.56 Å². The summed E-state index contributed by atoms with van der Waals surface area (Å²) in [6, 6.07) is 15.9. The predicted molar refractivity (Wildman–Crippen MR) is 97.2 cm³/mol. The largest absolute Gasteiger partial charge is 0.473 e. The summed E-state index contributed by atoms with van der Waals surface area (Å²) >= 11 is 12.0. The molecular weight excluding hydrogens is 361 g/mol. The molecule has 0 aliphatic carbocycles. The highest BCUT2D eigenvalue weighted by atomic mass is 35.5. The van der Waals surface area contributed by atoms with Gasteiger partial charge in [-0.1, -0.05) is 53.5 Å². The van der Waals surface area contributed by atoms with Crippen LogP contribution in [0.25, 0.3) is 0 Å². The molecule has 0 atom stereocenters. The van der Waals surface area contributed by atoms with Crippen LogP contribution in [0, 0.1) is 0 Å². The van der Waals surface area contributed by atoms with Crippen molar-refractivity contribution in [3.63, 3.8) is 0 Å². The van der Waals surface area contributed by atoms with Crippen molar-refractivity contribution in [2.24, 2.45) is 0 Å². The van der Waals surface area contributed by atoms with Gasteiger partial charge in [-0.15, -0.1) is 0 Å². The Balaban J connectivity index is 1.70. The second-order valence-electron chi connectivity index (χ2n) is 5.09. The van der Waals surface area contributed by atoms with Crippen molar-refractivity contribution in [3.05, 3.63) is 82.2 Å². The van der Waals surface area contributed by atoms with Crippen LogP contribution < -0.4 is 10.1 Å². The molecule has 0 fully saturated rings. The van der Waals surface area contributed by atoms with Crippen LogP contribution in [0.3, 0.4) is 0 Å². The second-order valence-corrected chi connectivity index (χ2v) is 5.94. The van der Waals surface area contributed by atoms with E-state index in [-0.39, 0.29) is 5.69 Å². The summed E-state index contributed by atoms with van der Waals surface area (Å²) in [6.45, 7) is 0.346. The topological polar surface area (TPSA) is 64.1 Å². The summed E-state index contributed by atoms with van der Waals surface area (Å²) in [5, 5.41) is 3.52. The van der Waals surface area contributed by atoms with E-state index in [4.69, 9.17) is 27.9 Å². The lowest BCUT2D eigenvalue weighted by Crippen LogP contribution is -2.14. The average molecular weight is 374 g/mol. The molecule has 126 valence electrons. The maximum atomic E-state index is 12.3. The first-order valence-corrected chi connectivity index (χ1v) is 8.12. The van der Waals surface area contributed by atoms with Crippen molar-refractivity contribution in [2.45, 2.75) is 6.61 Å². The lowest BCUT2D eigenvalue weighted by Gasteiger charge is -2.09. The monoisotopic (exact) mass is 373 g/mol. The Labute approximate surface area is 154 Å². The lowest BCUT2D eigenvalue weighted by molar-refractivity contribution is 0.102. The molecule has 2 aromatic carbocycles. The average Bonchev–Trinajstić information content (AvgIpc) is 2.64. The molecule has 0 saturated heterocycles. The number of amides is 1. The van der Waals surface area contributed by atoms with E-state index in [0.29, 0.717) is 28.2 Å². The SMILES string of the molecule is O=C(Nc1cc(Cl)ccc1Cl)c1cc(OCc2ccccc2)ncn1. The number of hydrogen-bond acceptors (Lipinski definition) is 4. The highest BCUT2D eigenvalue weighted by Gasteiger charge is 2.12. The van der Waals surface area contributed by atoms with Gasteiger partial charge < -0.3 is 10.1 Å². The zero-order valence-corrected chi connectivity index (χ0v) is 14.5. The molecule has 7 heteroatoms. The minimum Gasteiger partial charge on any atom is -0.473 e. The van der Waals surface area contributed by atoms with E-state index in [2.05, 4.69) is 15.3 Å². The Hall–Kier alpha value is -2.63. The van der Waals surface area contributed by atoms with Gasteiger partial charge in [-0.25, -0.2) is 9.97 Å². The molecule has 3 aromatic rings. The fourth-order valence-electron chi connectivity index (χ4n) is 2.05. The number of carbonyl (C=O) groups is 1. The molecule has 3 rings (SSSR count). The molecule has 25 heavy (non-hydrogen) atoms. The van der Waals surface area contributed by atoms with E-state index in [9.17, 15) is 4.79 Å². The number of anilines is 1. The Morgan fingerprint density at radius 3 is 2.64 bits per heavy atom. The van der Waals surface area contributed by atoms with E-state index in [1.807, 2.05) is 30.3 Å². The van der Waals surface area contributed by atoms with Crippen LogP contribution >= 0.6 is 23.2 Å². The number of nitrogens with one attached hydrogen (secondary N) is 1. The second kappa shape index (κ2) is 7.96. The zero-order valence-electron chi connectivity index (χ0n) is 12.9. The molecule has 0 spiro atoms. The van der Waals surface area contributed by atoms with Gasteiger partial charge in [0.05, 0.1) is 10.7 Å². The van der Waals surface area contributed by atoms with Crippen LogP contribution in [0.2, 0.25) is 10.0 Å². The first-order valence-electron chi connectivity index (χ1n) is 7.37. The van der Waals surface area contributed by atoms with Gasteiger partial charge in [0.1, 0.15) is 18.6 Å². The van der Waals surface area contributed by atoms with E-state index in [1.54, 1.807) is 18.2 Å². The summed E-state index contributed by atoms with van der Waals surface area (Å²) < 4.78 is 5.60. The number of ether oxygens (including phenoxy) is 1. The van der Waals surface area contributed by atoms with E-state index >= 15 is 0 Å². The minimum absolute atomic E-state index is 0.161. The van der Waals surface area contributed by atoms with Gasteiger partial charge in [0.15, 0.2) is 0 Å². The summed E-state index contributed by atoms with van der Waals surface area (Å²) in [6.07, 6.45) is 1.27. The van der Waals surface area contributed by atoms with Gasteiger partial charge in [-0.3, -0.25) is 4.79 Å². The van der Waals surface area contributed by atoms with Gasteiger partial charge in [0.2, 0.25) is 5.88 Å². The molecule has 0 aliphatic rings. The molecule has 0 saturated carbocycles. The van der Waals surface area contributed by atoms with E-state index < -0.39 is 5.91 Å². The Bertz CT molecular complexity index is 888. The van der Waals surface area contributed by atoms with Crippen molar-refractivity contribution in [2.75, 3.05) is 5.32 Å². The van der Waals surface area contributed by atoms with Gasteiger partial charge in [-0.05, 0) is 23.8 Å². The summed E-state index contributed by atoms with van der Waals surface area (Å²) in [5.41, 5.74) is 1.57. The van der Waals surface area contributed by atoms with Gasteiger partial charge >= 0.3 is 0 Å². The molecule has 1 aromatic heterocycles. The highest BCUT2D eigenvalue weighted by Crippen LogP contribution is 2.25. The molecule has 0 radical (unpaired) electrons. The number of benzene rings is 2. The van der Waals surface area contributed by atoms with Crippen LogP contribution in [0.1, 0.15) is 16.1 Å². The molecule has 0 bridgehead atoms. The molecule has 1 amide bonds. The third-order valence-electron chi connectivity index (χ3n) is 3.28. The number of nitrogens with zero attached hydrogens (tertiary/aromatic N) is 2. The third kappa shape index (κ3) is 4.68. The van der Waals surface area contributed by atoms with Crippen molar-refractivity contribution in [3.8, 4) is 5.88 Å². The van der Waals surface area contributed by atoms with Gasteiger partial charge in [0.25, 0.3) is 5.91 Å². The Morgan fingerprint density at radius 2 is 1.84 bits per heavy atom. The number of carbonyl (C=O) groups excluding carboxylic acids is 1. The number of hydrogen-bond donors (Lipinski definition) is 1. The molecule has 0 aliphatic heterocycles. The maximum absolute atomic E-state index is 12.3. The number of rotatable bonds is 5. The quantitative estimate of drug-likeness (QED) is 0.708. The van der Waals surface area contributed by atoms with Gasteiger partial charge in [0, 0.05) is 11.1 Å². The fourth-order valence-corrected chi connectivity index (χ4v) is 2.39. The lowest BCUT2D eigenvalue weighted by atomic mass is 10.2. The van der Waals surface area contributed by atoms with Crippen LogP contribution in [0.4, 0.5) is 5.69 Å². The van der Waals surface area contributed by atoms with Crippen molar-refractivity contribution < 1.29 is 9.53 Å². The maximum Gasteiger partial charge on any atom is 0.274 e. The zero-order chi connectivity index (χ0) is 17.6. The molecule has 0 unspecified atom stereocenters. The smallest absolute Gasteiger partial charge is 0.274 e. The van der Waals surface area contributed by atoms with Crippen molar-refractivity contribution >= 4 is 34.8 Å². The standard InChI is InChI=1S/C18H13Cl2N3O2/c19-13-6-7-14(20)15(8-13)23-18(24)16-9-17(22-11-21-16)25-10-12-4-2-1-3-5-12/h1-9,11H,10H2,(H,23,24). The Kier molecular flexibility index (Phi) is 5.48. The van der Waals surface area contributed by atoms with Crippen LogP contribution in [0.15, 0.2) is 60.9 Å². The summed E-state index contributed by atoms with van der Waals surface area (Å²) in [7, 11) is 0.